The molecule has 94 valence electrons. The minimum Gasteiger partial charge on any atom is -0.398 e. The van der Waals surface area contributed by atoms with E-state index in [0.29, 0.717) is 22.8 Å². The van der Waals surface area contributed by atoms with E-state index in [-0.39, 0.29) is 11.3 Å². The molecule has 4 heteroatoms. The van der Waals surface area contributed by atoms with Gasteiger partial charge in [0.15, 0.2) is 0 Å². The first-order valence-electron chi connectivity index (χ1n) is 5.63. The van der Waals surface area contributed by atoms with Crippen LogP contribution in [0, 0.1) is 5.41 Å². The van der Waals surface area contributed by atoms with Gasteiger partial charge in [0.05, 0.1) is 10.7 Å². The lowest BCUT2D eigenvalue weighted by Crippen LogP contribution is -2.27. The molecule has 1 rings (SSSR count). The molecule has 0 aliphatic carbocycles. The monoisotopic (exact) mass is 254 g/mol. The molecular weight excluding hydrogens is 236 g/mol. The van der Waals surface area contributed by atoms with Gasteiger partial charge in [-0.2, -0.15) is 0 Å². The Hall–Kier alpha value is -1.22. The summed E-state index contributed by atoms with van der Waals surface area (Å²) in [7, 11) is 0. The smallest absolute Gasteiger partial charge is 0.251 e. The highest BCUT2D eigenvalue weighted by atomic mass is 35.5. The van der Waals surface area contributed by atoms with E-state index >= 15 is 0 Å². The van der Waals surface area contributed by atoms with Crippen molar-refractivity contribution >= 4 is 23.2 Å². The van der Waals surface area contributed by atoms with Crippen LogP contribution in [-0.2, 0) is 0 Å². The number of nitrogen functional groups attached to an aromatic ring is 1. The molecule has 0 unspecified atom stereocenters. The van der Waals surface area contributed by atoms with Crippen LogP contribution in [0.5, 0.6) is 0 Å². The molecule has 0 heterocycles. The summed E-state index contributed by atoms with van der Waals surface area (Å²) in [5, 5.41) is 3.27. The first-order valence-corrected chi connectivity index (χ1v) is 6.00. The van der Waals surface area contributed by atoms with Crippen molar-refractivity contribution in [3.05, 3.63) is 28.8 Å². The molecular formula is C13H19ClN2O. The number of anilines is 1. The molecule has 1 aromatic carbocycles. The molecule has 1 aromatic rings. The summed E-state index contributed by atoms with van der Waals surface area (Å²) in [5.41, 5.74) is 6.82. The number of halogens is 1. The fourth-order valence-corrected chi connectivity index (χ4v) is 1.50. The van der Waals surface area contributed by atoms with Crippen LogP contribution in [0.15, 0.2) is 18.2 Å². The Bertz CT molecular complexity index is 410. The Labute approximate surface area is 107 Å². The molecule has 0 saturated carbocycles. The Morgan fingerprint density at radius 1 is 1.41 bits per heavy atom. The van der Waals surface area contributed by atoms with Crippen LogP contribution in [-0.4, -0.2) is 12.5 Å². The number of benzene rings is 1. The lowest BCUT2D eigenvalue weighted by atomic mass is 9.92. The van der Waals surface area contributed by atoms with Crippen LogP contribution in [0.25, 0.3) is 0 Å². The molecule has 0 saturated heterocycles. The van der Waals surface area contributed by atoms with Gasteiger partial charge < -0.3 is 11.1 Å². The van der Waals surface area contributed by atoms with Crippen molar-refractivity contribution in [2.75, 3.05) is 12.3 Å². The second kappa shape index (κ2) is 5.41. The molecule has 0 atom stereocenters. The summed E-state index contributed by atoms with van der Waals surface area (Å²) < 4.78 is 0. The number of nitrogens with two attached hydrogens (primary N) is 1. The van der Waals surface area contributed by atoms with Crippen molar-refractivity contribution in [1.29, 1.82) is 0 Å². The van der Waals surface area contributed by atoms with Gasteiger partial charge in [-0.25, -0.2) is 0 Å². The van der Waals surface area contributed by atoms with Crippen LogP contribution in [0.2, 0.25) is 5.02 Å². The summed E-state index contributed by atoms with van der Waals surface area (Å²) in [6.07, 6.45) is 0.932. The summed E-state index contributed by atoms with van der Waals surface area (Å²) in [6, 6.07) is 4.90. The van der Waals surface area contributed by atoms with Crippen molar-refractivity contribution in [2.24, 2.45) is 5.41 Å². The fourth-order valence-electron chi connectivity index (χ4n) is 1.32. The van der Waals surface area contributed by atoms with Crippen LogP contribution in [0.4, 0.5) is 5.69 Å². The van der Waals surface area contributed by atoms with E-state index in [1.54, 1.807) is 18.2 Å². The van der Waals surface area contributed by atoms with E-state index in [2.05, 4.69) is 26.1 Å². The quantitative estimate of drug-likeness (QED) is 0.815. The topological polar surface area (TPSA) is 55.1 Å². The highest BCUT2D eigenvalue weighted by Gasteiger charge is 2.11. The Morgan fingerprint density at radius 2 is 2.06 bits per heavy atom. The van der Waals surface area contributed by atoms with Crippen molar-refractivity contribution in [3.8, 4) is 0 Å². The van der Waals surface area contributed by atoms with Crippen molar-refractivity contribution in [2.45, 2.75) is 27.2 Å². The summed E-state index contributed by atoms with van der Waals surface area (Å²) in [6.45, 7) is 7.07. The van der Waals surface area contributed by atoms with Gasteiger partial charge in [-0.05, 0) is 30.0 Å². The number of carbonyl (C=O) groups excluding carboxylic acids is 1. The first-order chi connectivity index (χ1) is 7.79. The minimum atomic E-state index is -0.115. The molecule has 3 N–H and O–H groups in total. The second-order valence-electron chi connectivity index (χ2n) is 5.30. The van der Waals surface area contributed by atoms with Crippen LogP contribution in [0.3, 0.4) is 0 Å². The number of hydrogen-bond donors (Lipinski definition) is 2. The zero-order chi connectivity index (χ0) is 13.1. The van der Waals surface area contributed by atoms with Gasteiger partial charge in [0.2, 0.25) is 0 Å². The lowest BCUT2D eigenvalue weighted by Gasteiger charge is -2.18. The maximum Gasteiger partial charge on any atom is 0.251 e. The van der Waals surface area contributed by atoms with Crippen molar-refractivity contribution < 1.29 is 4.79 Å². The highest BCUT2D eigenvalue weighted by molar-refractivity contribution is 6.33. The molecule has 0 aliphatic heterocycles. The maximum atomic E-state index is 11.8. The van der Waals surface area contributed by atoms with E-state index < -0.39 is 0 Å². The molecule has 0 aliphatic rings. The maximum absolute atomic E-state index is 11.8. The summed E-state index contributed by atoms with van der Waals surface area (Å²) in [4.78, 5) is 11.8. The van der Waals surface area contributed by atoms with Gasteiger partial charge in [0, 0.05) is 12.1 Å². The van der Waals surface area contributed by atoms with E-state index in [0.717, 1.165) is 6.42 Å². The third-order valence-corrected chi connectivity index (χ3v) is 2.75. The predicted molar refractivity (Wildman–Crippen MR) is 72.3 cm³/mol. The molecule has 0 radical (unpaired) electrons. The van der Waals surface area contributed by atoms with Gasteiger partial charge in [-0.1, -0.05) is 32.4 Å². The number of carbonyl (C=O) groups is 1. The largest absolute Gasteiger partial charge is 0.398 e. The normalized spacial score (nSPS) is 11.3. The van der Waals surface area contributed by atoms with Crippen molar-refractivity contribution in [3.63, 3.8) is 0 Å². The van der Waals surface area contributed by atoms with Crippen LogP contribution in [0.1, 0.15) is 37.6 Å². The third-order valence-electron chi connectivity index (χ3n) is 2.42. The van der Waals surface area contributed by atoms with Gasteiger partial charge in [-0.15, -0.1) is 0 Å². The Kier molecular flexibility index (Phi) is 4.40. The van der Waals surface area contributed by atoms with E-state index in [4.69, 9.17) is 17.3 Å². The van der Waals surface area contributed by atoms with Crippen LogP contribution >= 0.6 is 11.6 Å². The fraction of sp³-hybridized carbons (Fsp3) is 0.462. The summed E-state index contributed by atoms with van der Waals surface area (Å²) in [5.74, 6) is -0.115. The molecule has 0 fully saturated rings. The second-order valence-corrected chi connectivity index (χ2v) is 5.71. The third kappa shape index (κ3) is 4.65. The SMILES string of the molecule is CC(C)(C)CCNC(=O)c1ccc(N)c(Cl)c1. The zero-order valence-electron chi connectivity index (χ0n) is 10.5. The standard InChI is InChI=1S/C13H19ClN2O/c1-13(2,3)6-7-16-12(17)9-4-5-11(15)10(14)8-9/h4-5,8H,6-7,15H2,1-3H3,(H,16,17). The summed E-state index contributed by atoms with van der Waals surface area (Å²) >= 11 is 5.86. The van der Waals surface area contributed by atoms with Gasteiger partial charge in [0.25, 0.3) is 5.91 Å². The minimum absolute atomic E-state index is 0.115. The average molecular weight is 255 g/mol. The molecule has 1 amide bonds. The number of hydrogen-bond acceptors (Lipinski definition) is 2. The van der Waals surface area contributed by atoms with Gasteiger partial charge >= 0.3 is 0 Å². The van der Waals surface area contributed by atoms with Crippen LogP contribution < -0.4 is 11.1 Å². The predicted octanol–water partition coefficient (Wildman–Crippen LogP) is 3.09. The number of nitrogens with one attached hydrogen (secondary N) is 1. The van der Waals surface area contributed by atoms with E-state index in [9.17, 15) is 4.79 Å². The molecule has 0 aromatic heterocycles. The first kappa shape index (κ1) is 13.8. The average Bonchev–Trinajstić information content (AvgIpc) is 2.20. The number of rotatable bonds is 3. The zero-order valence-corrected chi connectivity index (χ0v) is 11.3. The molecule has 17 heavy (non-hydrogen) atoms. The van der Waals surface area contributed by atoms with Gasteiger partial charge in [0.1, 0.15) is 0 Å². The van der Waals surface area contributed by atoms with Crippen molar-refractivity contribution in [1.82, 2.24) is 5.32 Å². The van der Waals surface area contributed by atoms with E-state index in [1.165, 1.54) is 0 Å². The lowest BCUT2D eigenvalue weighted by molar-refractivity contribution is 0.0949. The van der Waals surface area contributed by atoms with Gasteiger partial charge in [-0.3, -0.25) is 4.79 Å². The molecule has 0 bridgehead atoms. The highest BCUT2D eigenvalue weighted by Crippen LogP contribution is 2.20. The van der Waals surface area contributed by atoms with E-state index in [1.807, 2.05) is 0 Å². The Balaban J connectivity index is 2.56. The number of amides is 1. The molecule has 0 spiro atoms. The Morgan fingerprint density at radius 3 is 2.59 bits per heavy atom. The molecule has 3 nitrogen and oxygen atoms in total.